The number of hydrogen-bond donors (Lipinski definition) is 1. The third-order valence-electron chi connectivity index (χ3n) is 4.96. The predicted molar refractivity (Wildman–Crippen MR) is 89.6 cm³/mol. The van der Waals surface area contributed by atoms with E-state index >= 15 is 0 Å². The van der Waals surface area contributed by atoms with E-state index in [2.05, 4.69) is 12.1 Å². The molecule has 0 aliphatic heterocycles. The molecule has 0 heterocycles. The highest BCUT2D eigenvalue weighted by molar-refractivity contribution is 5.82. The van der Waals surface area contributed by atoms with Crippen LogP contribution in [0.1, 0.15) is 51.0 Å². The lowest BCUT2D eigenvalue weighted by Crippen LogP contribution is -2.38. The zero-order valence-corrected chi connectivity index (χ0v) is 13.9. The summed E-state index contributed by atoms with van der Waals surface area (Å²) < 4.78 is 5.24. The summed E-state index contributed by atoms with van der Waals surface area (Å²) in [6.45, 7) is 2.18. The lowest BCUT2D eigenvalue weighted by molar-refractivity contribution is -0.150. The summed E-state index contributed by atoms with van der Waals surface area (Å²) in [5.74, 6) is -0.722. The number of esters is 1. The lowest BCUT2D eigenvalue weighted by Gasteiger charge is -2.29. The Morgan fingerprint density at radius 1 is 1.22 bits per heavy atom. The van der Waals surface area contributed by atoms with Crippen LogP contribution < -0.4 is 5.73 Å². The molecule has 0 saturated heterocycles. The molecule has 4 heteroatoms. The van der Waals surface area contributed by atoms with Crippen molar-refractivity contribution >= 4 is 11.9 Å². The van der Waals surface area contributed by atoms with E-state index in [0.717, 1.165) is 32.1 Å². The van der Waals surface area contributed by atoms with Crippen molar-refractivity contribution in [3.63, 3.8) is 0 Å². The smallest absolute Gasteiger partial charge is 0.308 e. The van der Waals surface area contributed by atoms with Gasteiger partial charge in [0.1, 0.15) is 0 Å². The van der Waals surface area contributed by atoms with E-state index in [1.165, 1.54) is 5.56 Å². The SMILES string of the molecule is CCOC(=O)C(CCc1ccccc1)CC1(C(N)=O)CCCC1. The first-order valence-corrected chi connectivity index (χ1v) is 8.58. The summed E-state index contributed by atoms with van der Waals surface area (Å²) in [6, 6.07) is 10.1. The molecule has 1 aromatic carbocycles. The number of primary amides is 1. The molecule has 126 valence electrons. The van der Waals surface area contributed by atoms with Crippen LogP contribution in [0.3, 0.4) is 0 Å². The van der Waals surface area contributed by atoms with Gasteiger partial charge in [0.15, 0.2) is 0 Å². The fourth-order valence-electron chi connectivity index (χ4n) is 3.62. The van der Waals surface area contributed by atoms with E-state index < -0.39 is 5.41 Å². The van der Waals surface area contributed by atoms with Crippen LogP contribution in [0.15, 0.2) is 30.3 Å². The fourth-order valence-corrected chi connectivity index (χ4v) is 3.62. The van der Waals surface area contributed by atoms with Crippen molar-refractivity contribution in [1.82, 2.24) is 0 Å². The molecule has 23 heavy (non-hydrogen) atoms. The third-order valence-corrected chi connectivity index (χ3v) is 4.96. The number of aryl methyl sites for hydroxylation is 1. The highest BCUT2D eigenvalue weighted by atomic mass is 16.5. The molecule has 0 spiro atoms. The van der Waals surface area contributed by atoms with Crippen LogP contribution in [-0.2, 0) is 20.7 Å². The van der Waals surface area contributed by atoms with E-state index in [9.17, 15) is 9.59 Å². The van der Waals surface area contributed by atoms with E-state index in [1.54, 1.807) is 0 Å². The average Bonchev–Trinajstić information content (AvgIpc) is 3.02. The molecule has 1 fully saturated rings. The minimum absolute atomic E-state index is 0.198. The second kappa shape index (κ2) is 8.14. The molecule has 0 aromatic heterocycles. The summed E-state index contributed by atoms with van der Waals surface area (Å²) in [6.07, 6.45) is 5.63. The molecule has 2 N–H and O–H groups in total. The van der Waals surface area contributed by atoms with Gasteiger partial charge >= 0.3 is 5.97 Å². The van der Waals surface area contributed by atoms with E-state index in [0.29, 0.717) is 19.4 Å². The number of amides is 1. The summed E-state index contributed by atoms with van der Waals surface area (Å²) in [5.41, 5.74) is 6.35. The summed E-state index contributed by atoms with van der Waals surface area (Å²) >= 11 is 0. The minimum atomic E-state index is -0.520. The molecule has 1 aliphatic rings. The Morgan fingerprint density at radius 3 is 2.43 bits per heavy atom. The molecule has 2 rings (SSSR count). The number of carbonyl (C=O) groups is 2. The lowest BCUT2D eigenvalue weighted by atomic mass is 9.75. The van der Waals surface area contributed by atoms with Crippen LogP contribution in [0.25, 0.3) is 0 Å². The Morgan fingerprint density at radius 2 is 1.87 bits per heavy atom. The number of benzene rings is 1. The normalized spacial score (nSPS) is 17.6. The zero-order chi connectivity index (χ0) is 16.7. The number of nitrogens with two attached hydrogens (primary N) is 1. The number of rotatable bonds is 8. The molecule has 1 amide bonds. The summed E-state index contributed by atoms with van der Waals surface area (Å²) in [5, 5.41) is 0. The van der Waals surface area contributed by atoms with Gasteiger partial charge in [-0.05, 0) is 44.6 Å². The van der Waals surface area contributed by atoms with Crippen LogP contribution in [0.2, 0.25) is 0 Å². The van der Waals surface area contributed by atoms with Gasteiger partial charge in [-0.2, -0.15) is 0 Å². The van der Waals surface area contributed by atoms with Gasteiger partial charge < -0.3 is 10.5 Å². The van der Waals surface area contributed by atoms with Crippen LogP contribution in [0.4, 0.5) is 0 Å². The minimum Gasteiger partial charge on any atom is -0.466 e. The highest BCUT2D eigenvalue weighted by Gasteiger charge is 2.42. The van der Waals surface area contributed by atoms with Gasteiger partial charge in [-0.3, -0.25) is 9.59 Å². The Hall–Kier alpha value is -1.84. The molecule has 0 bridgehead atoms. The first-order valence-electron chi connectivity index (χ1n) is 8.58. The second-order valence-electron chi connectivity index (χ2n) is 6.53. The first kappa shape index (κ1) is 17.5. The Balaban J connectivity index is 2.07. The van der Waals surface area contributed by atoms with Crippen LogP contribution in [0, 0.1) is 11.3 Å². The van der Waals surface area contributed by atoms with E-state index in [1.807, 2.05) is 25.1 Å². The quantitative estimate of drug-likeness (QED) is 0.748. The topological polar surface area (TPSA) is 69.4 Å². The largest absolute Gasteiger partial charge is 0.466 e. The molecular weight excluding hydrogens is 290 g/mol. The van der Waals surface area contributed by atoms with Gasteiger partial charge in [-0.15, -0.1) is 0 Å². The van der Waals surface area contributed by atoms with Gasteiger partial charge in [0.2, 0.25) is 5.91 Å². The molecule has 0 radical (unpaired) electrons. The number of ether oxygens (including phenoxy) is 1. The summed E-state index contributed by atoms with van der Waals surface area (Å²) in [7, 11) is 0. The Labute approximate surface area is 138 Å². The predicted octanol–water partition coefficient (Wildman–Crippen LogP) is 3.23. The number of hydrogen-bond acceptors (Lipinski definition) is 3. The van der Waals surface area contributed by atoms with Crippen LogP contribution >= 0.6 is 0 Å². The fraction of sp³-hybridized carbons (Fsp3) is 0.579. The molecular formula is C19H27NO3. The van der Waals surface area contributed by atoms with Crippen molar-refractivity contribution in [2.45, 2.75) is 51.9 Å². The Bertz CT molecular complexity index is 521. The van der Waals surface area contributed by atoms with Crippen molar-refractivity contribution in [3.05, 3.63) is 35.9 Å². The van der Waals surface area contributed by atoms with Gasteiger partial charge in [-0.1, -0.05) is 43.2 Å². The second-order valence-corrected chi connectivity index (χ2v) is 6.53. The standard InChI is InChI=1S/C19H27NO3/c1-2-23-17(21)16(11-10-15-8-4-3-5-9-15)14-19(18(20)22)12-6-7-13-19/h3-5,8-9,16H,2,6-7,10-14H2,1H3,(H2,20,22). The average molecular weight is 317 g/mol. The molecule has 4 nitrogen and oxygen atoms in total. The van der Waals surface area contributed by atoms with E-state index in [4.69, 9.17) is 10.5 Å². The Kier molecular flexibility index (Phi) is 6.20. The maximum Gasteiger partial charge on any atom is 0.308 e. The van der Waals surface area contributed by atoms with Gasteiger partial charge in [0, 0.05) is 5.41 Å². The molecule has 1 aliphatic carbocycles. The monoisotopic (exact) mass is 317 g/mol. The maximum absolute atomic E-state index is 12.3. The maximum atomic E-state index is 12.3. The van der Waals surface area contributed by atoms with Crippen LogP contribution in [-0.4, -0.2) is 18.5 Å². The molecule has 1 saturated carbocycles. The van der Waals surface area contributed by atoms with Crippen molar-refractivity contribution in [2.75, 3.05) is 6.61 Å². The van der Waals surface area contributed by atoms with Gasteiger partial charge in [0.25, 0.3) is 0 Å². The van der Waals surface area contributed by atoms with Gasteiger partial charge in [0.05, 0.1) is 12.5 Å². The number of carbonyl (C=O) groups excluding carboxylic acids is 2. The zero-order valence-electron chi connectivity index (χ0n) is 13.9. The third kappa shape index (κ3) is 4.57. The molecule has 1 atom stereocenters. The van der Waals surface area contributed by atoms with Gasteiger partial charge in [-0.25, -0.2) is 0 Å². The van der Waals surface area contributed by atoms with Crippen molar-refractivity contribution in [3.8, 4) is 0 Å². The van der Waals surface area contributed by atoms with Crippen LogP contribution in [0.5, 0.6) is 0 Å². The summed E-state index contributed by atoms with van der Waals surface area (Å²) in [4.78, 5) is 24.3. The molecule has 1 aromatic rings. The van der Waals surface area contributed by atoms with E-state index in [-0.39, 0.29) is 17.8 Å². The highest BCUT2D eigenvalue weighted by Crippen LogP contribution is 2.44. The van der Waals surface area contributed by atoms with Crippen molar-refractivity contribution in [1.29, 1.82) is 0 Å². The van der Waals surface area contributed by atoms with Crippen molar-refractivity contribution < 1.29 is 14.3 Å². The first-order chi connectivity index (χ1) is 11.1. The van der Waals surface area contributed by atoms with Crippen molar-refractivity contribution in [2.24, 2.45) is 17.1 Å². The molecule has 1 unspecified atom stereocenters.